The SMILES string of the molecule is c1ccc(Oc2cc(-c3ccc4c(c3)C3(CCCCC3)c3cc(-c5cc(Oc6ccccc6)cc(-c6cc7ccc8cccc9ccc(c6)c7c89)c5)ccc3-4)cc(-c3cc4ccc5cccc6ccc(c3)c4c56)c2)cc1. The highest BCUT2D eigenvalue weighted by Gasteiger charge is 2.44. The van der Waals surface area contributed by atoms with Gasteiger partial charge >= 0.3 is 0 Å². The van der Waals surface area contributed by atoms with Gasteiger partial charge in [0, 0.05) is 5.41 Å². The Morgan fingerprint density at radius 2 is 0.579 bits per heavy atom. The molecule has 2 heteroatoms. The first-order valence-electron chi connectivity index (χ1n) is 27.0. The lowest BCUT2D eigenvalue weighted by molar-refractivity contribution is 0.353. The van der Waals surface area contributed by atoms with E-state index in [1.54, 1.807) is 0 Å². The molecule has 14 aromatic rings. The van der Waals surface area contributed by atoms with Crippen molar-refractivity contribution in [3.05, 3.63) is 254 Å². The quantitative estimate of drug-likeness (QED) is 0.141. The molecule has 0 aliphatic heterocycles. The number of ether oxygens (including phenoxy) is 2. The minimum Gasteiger partial charge on any atom is -0.457 e. The minimum absolute atomic E-state index is 0.0964. The fourth-order valence-corrected chi connectivity index (χ4v) is 13.6. The third kappa shape index (κ3) is 6.94. The lowest BCUT2D eigenvalue weighted by Gasteiger charge is -2.36. The maximum atomic E-state index is 6.72. The molecule has 76 heavy (non-hydrogen) atoms. The summed E-state index contributed by atoms with van der Waals surface area (Å²) in [5.74, 6) is 3.29. The second kappa shape index (κ2) is 16.9. The monoisotopic (exact) mass is 970 g/mol. The van der Waals surface area contributed by atoms with Gasteiger partial charge in [0.1, 0.15) is 23.0 Å². The van der Waals surface area contributed by atoms with Gasteiger partial charge in [-0.25, -0.2) is 0 Å². The predicted molar refractivity (Wildman–Crippen MR) is 318 cm³/mol. The van der Waals surface area contributed by atoms with E-state index in [4.69, 9.17) is 9.47 Å². The van der Waals surface area contributed by atoms with Crippen LogP contribution in [0.5, 0.6) is 23.0 Å². The van der Waals surface area contributed by atoms with Gasteiger partial charge in [-0.3, -0.25) is 0 Å². The van der Waals surface area contributed by atoms with Gasteiger partial charge < -0.3 is 9.47 Å². The molecule has 1 fully saturated rings. The first kappa shape index (κ1) is 43.2. The molecule has 0 radical (unpaired) electrons. The lowest BCUT2D eigenvalue weighted by atomic mass is 9.67. The molecule has 0 unspecified atom stereocenters. The molecule has 0 bridgehead atoms. The molecular formula is C74H50O2. The van der Waals surface area contributed by atoms with E-state index >= 15 is 0 Å². The number of benzene rings is 14. The number of hydrogen-bond donors (Lipinski definition) is 0. The highest BCUT2D eigenvalue weighted by molar-refractivity contribution is 6.25. The van der Waals surface area contributed by atoms with Crippen LogP contribution in [0, 0.1) is 0 Å². The Hall–Kier alpha value is -9.24. The summed E-state index contributed by atoms with van der Waals surface area (Å²) in [6.45, 7) is 0. The maximum Gasteiger partial charge on any atom is 0.128 e. The van der Waals surface area contributed by atoms with E-state index in [1.807, 2.05) is 60.7 Å². The van der Waals surface area contributed by atoms with Crippen LogP contribution in [-0.2, 0) is 5.41 Å². The zero-order chi connectivity index (χ0) is 49.9. The summed E-state index contributed by atoms with van der Waals surface area (Å²) in [6.07, 6.45) is 5.91. The Bertz CT molecular complexity index is 4180. The van der Waals surface area contributed by atoms with E-state index < -0.39 is 0 Å². The number of fused-ring (bicyclic) bond motifs is 5. The van der Waals surface area contributed by atoms with Gasteiger partial charge in [0.25, 0.3) is 0 Å². The second-order valence-electron chi connectivity index (χ2n) is 21.5. The summed E-state index contributed by atoms with van der Waals surface area (Å²) in [6, 6.07) is 89.5. The van der Waals surface area contributed by atoms with Crippen molar-refractivity contribution in [3.63, 3.8) is 0 Å². The van der Waals surface area contributed by atoms with Crippen LogP contribution in [0.15, 0.2) is 243 Å². The van der Waals surface area contributed by atoms with Crippen LogP contribution in [-0.4, -0.2) is 0 Å². The molecule has 14 aromatic carbocycles. The van der Waals surface area contributed by atoms with Gasteiger partial charge in [-0.05, 0) is 241 Å². The molecule has 0 aromatic heterocycles. The molecule has 0 saturated heterocycles. The topological polar surface area (TPSA) is 18.5 Å². The van der Waals surface area contributed by atoms with Crippen molar-refractivity contribution in [1.82, 2.24) is 0 Å². The fraction of sp³-hybridized carbons (Fsp3) is 0.0811. The Kier molecular flexibility index (Phi) is 9.60. The molecular weight excluding hydrogens is 921 g/mol. The highest BCUT2D eigenvalue weighted by Crippen LogP contribution is 2.57. The average Bonchev–Trinajstić information content (AvgIpc) is 3.80. The van der Waals surface area contributed by atoms with Gasteiger partial charge in [-0.15, -0.1) is 0 Å². The van der Waals surface area contributed by atoms with Crippen LogP contribution in [0.3, 0.4) is 0 Å². The van der Waals surface area contributed by atoms with E-state index in [1.165, 1.54) is 128 Å². The summed E-state index contributed by atoms with van der Waals surface area (Å²) in [5.41, 5.74) is 14.8. The second-order valence-corrected chi connectivity index (χ2v) is 21.5. The van der Waals surface area contributed by atoms with Crippen molar-refractivity contribution in [2.45, 2.75) is 37.5 Å². The van der Waals surface area contributed by atoms with E-state index in [-0.39, 0.29) is 5.41 Å². The van der Waals surface area contributed by atoms with Crippen molar-refractivity contribution >= 4 is 64.6 Å². The van der Waals surface area contributed by atoms with Gasteiger partial charge in [-0.2, -0.15) is 0 Å². The van der Waals surface area contributed by atoms with E-state index in [9.17, 15) is 0 Å². The van der Waals surface area contributed by atoms with Crippen molar-refractivity contribution in [2.24, 2.45) is 0 Å². The third-order valence-corrected chi connectivity index (χ3v) is 17.1. The highest BCUT2D eigenvalue weighted by atomic mass is 16.5. The first-order chi connectivity index (χ1) is 37.5. The molecule has 16 rings (SSSR count). The predicted octanol–water partition coefficient (Wildman–Crippen LogP) is 21.0. The first-order valence-corrected chi connectivity index (χ1v) is 27.0. The molecule has 358 valence electrons. The Labute approximate surface area is 441 Å². The van der Waals surface area contributed by atoms with Crippen LogP contribution < -0.4 is 9.47 Å². The largest absolute Gasteiger partial charge is 0.457 e. The van der Waals surface area contributed by atoms with Gasteiger partial charge in [0.2, 0.25) is 0 Å². The van der Waals surface area contributed by atoms with Crippen LogP contribution >= 0.6 is 0 Å². The summed E-state index contributed by atoms with van der Waals surface area (Å²) in [4.78, 5) is 0. The van der Waals surface area contributed by atoms with Crippen LogP contribution in [0.4, 0.5) is 0 Å². The summed E-state index contributed by atoms with van der Waals surface area (Å²) in [7, 11) is 0. The minimum atomic E-state index is -0.0964. The molecule has 2 aliphatic carbocycles. The Morgan fingerprint density at radius 1 is 0.237 bits per heavy atom. The molecule has 1 spiro atoms. The number of rotatable bonds is 8. The Balaban J connectivity index is 0.819. The summed E-state index contributed by atoms with van der Waals surface area (Å²) < 4.78 is 13.4. The van der Waals surface area contributed by atoms with Crippen LogP contribution in [0.2, 0.25) is 0 Å². The molecule has 0 N–H and O–H groups in total. The Morgan fingerprint density at radius 3 is 0.974 bits per heavy atom. The smallest absolute Gasteiger partial charge is 0.128 e. The number of para-hydroxylation sites is 2. The zero-order valence-electron chi connectivity index (χ0n) is 41.9. The van der Waals surface area contributed by atoms with Crippen molar-refractivity contribution in [1.29, 1.82) is 0 Å². The van der Waals surface area contributed by atoms with Crippen LogP contribution in [0.1, 0.15) is 43.2 Å². The lowest BCUT2D eigenvalue weighted by Crippen LogP contribution is -2.28. The standard InChI is InChI=1S/C74H50O2/c1-4-16-62(17-5-1)75-64-40-58(38-60(42-64)56-34-52-24-20-46-12-10-13-47-21-25-53(35-56)72(52)70(46)47)50-28-30-66-67-31-29-51(45-69(67)74(68(66)44-50)32-8-3-9-33-74)59-39-61(43-65(41-59)76-63-18-6-2-7-19-63)57-36-54-26-22-48-14-11-15-49-23-27-55(37-57)73(54)71(48)49/h1-2,4-7,10-31,34-45H,3,8-9,32-33H2. The van der Waals surface area contributed by atoms with E-state index in [2.05, 4.69) is 182 Å². The molecule has 0 heterocycles. The summed E-state index contributed by atoms with van der Waals surface area (Å²) in [5, 5.41) is 15.5. The maximum absolute atomic E-state index is 6.72. The van der Waals surface area contributed by atoms with Gasteiger partial charge in [-0.1, -0.05) is 165 Å². The molecule has 2 aliphatic rings. The summed E-state index contributed by atoms with van der Waals surface area (Å²) >= 11 is 0. The molecule has 0 atom stereocenters. The molecule has 2 nitrogen and oxygen atoms in total. The molecule has 0 amide bonds. The van der Waals surface area contributed by atoms with E-state index in [0.717, 1.165) is 58.1 Å². The van der Waals surface area contributed by atoms with Crippen molar-refractivity contribution in [3.8, 4) is 78.6 Å². The van der Waals surface area contributed by atoms with Gasteiger partial charge in [0.15, 0.2) is 0 Å². The van der Waals surface area contributed by atoms with Crippen molar-refractivity contribution < 1.29 is 9.47 Å². The van der Waals surface area contributed by atoms with Gasteiger partial charge in [0.05, 0.1) is 0 Å². The van der Waals surface area contributed by atoms with Crippen molar-refractivity contribution in [2.75, 3.05) is 0 Å². The van der Waals surface area contributed by atoms with Crippen LogP contribution in [0.25, 0.3) is 120 Å². The number of hydrogen-bond acceptors (Lipinski definition) is 2. The average molecular weight is 971 g/mol. The zero-order valence-corrected chi connectivity index (χ0v) is 41.9. The third-order valence-electron chi connectivity index (χ3n) is 17.1. The normalized spacial score (nSPS) is 13.9. The fourth-order valence-electron chi connectivity index (χ4n) is 13.6. The van der Waals surface area contributed by atoms with E-state index in [0.29, 0.717) is 0 Å². The molecule has 1 saturated carbocycles.